The molecule has 0 fully saturated rings. The average molecular weight is 392 g/mol. The fourth-order valence-corrected chi connectivity index (χ4v) is 2.43. The molecule has 27 heavy (non-hydrogen) atoms. The number of hydrogen-bond acceptors (Lipinski definition) is 7. The molecule has 0 radical (unpaired) electrons. The lowest BCUT2D eigenvalue weighted by molar-refractivity contribution is 0.0632. The molecule has 10 nitrogen and oxygen atoms in total. The zero-order valence-electron chi connectivity index (χ0n) is 13.1. The molecule has 0 aliphatic heterocycles. The van der Waals surface area contributed by atoms with Crippen molar-refractivity contribution in [3.8, 4) is 11.5 Å². The Morgan fingerprint density at radius 3 is 1.74 bits per heavy atom. The van der Waals surface area contributed by atoms with E-state index in [-0.39, 0.29) is 5.75 Å². The third-order valence-electron chi connectivity index (χ3n) is 3.27. The molecule has 2 rings (SSSR count). The summed E-state index contributed by atoms with van der Waals surface area (Å²) in [4.78, 5) is 46.4. The van der Waals surface area contributed by atoms with Crippen LogP contribution < -0.4 is 9.26 Å². The molecule has 0 aliphatic carbocycles. The van der Waals surface area contributed by atoms with E-state index in [9.17, 15) is 34.0 Å². The van der Waals surface area contributed by atoms with E-state index in [0.29, 0.717) is 0 Å². The second-order valence-corrected chi connectivity index (χ2v) is 5.16. The fraction of sp³-hybridized carbons (Fsp3) is 0. The first kappa shape index (κ1) is 19.5. The molecule has 11 heteroatoms. The van der Waals surface area contributed by atoms with Crippen molar-refractivity contribution >= 4 is 32.6 Å². The number of ether oxygens (including phenoxy) is 1. The van der Waals surface area contributed by atoms with Gasteiger partial charge in [0, 0.05) is 0 Å². The van der Waals surface area contributed by atoms with Crippen molar-refractivity contribution < 1.29 is 48.3 Å². The van der Waals surface area contributed by atoms with E-state index in [1.54, 1.807) is 0 Å². The van der Waals surface area contributed by atoms with Crippen LogP contribution in [0.15, 0.2) is 36.4 Å². The monoisotopic (exact) mass is 392 g/mol. The van der Waals surface area contributed by atoms with Gasteiger partial charge in [-0.15, -0.1) is 0 Å². The van der Waals surface area contributed by atoms with Gasteiger partial charge in [-0.1, -0.05) is 12.1 Å². The Labute approximate surface area is 151 Å². The minimum absolute atomic E-state index is 0.386. The molecule has 2 aromatic rings. The van der Waals surface area contributed by atoms with Gasteiger partial charge in [-0.3, -0.25) is 0 Å². The molecule has 0 heterocycles. The molecule has 0 saturated heterocycles. The average Bonchev–Trinajstić information content (AvgIpc) is 2.61. The number of hydrogen-bond donors (Lipinski definition) is 3. The number of carboxylic acid groups (broad SMARTS) is 3. The molecule has 0 aromatic heterocycles. The summed E-state index contributed by atoms with van der Waals surface area (Å²) in [5.74, 6) is -7.09. The molecule has 0 atom stereocenters. The Morgan fingerprint density at radius 2 is 1.26 bits per heavy atom. The van der Waals surface area contributed by atoms with Crippen molar-refractivity contribution in [3.63, 3.8) is 0 Å². The Morgan fingerprint density at radius 1 is 0.741 bits per heavy atom. The van der Waals surface area contributed by atoms with Crippen LogP contribution in [-0.4, -0.2) is 39.2 Å². The molecule has 0 bridgehead atoms. The quantitative estimate of drug-likeness (QED) is 0.362. The first-order chi connectivity index (χ1) is 12.8. The highest BCUT2D eigenvalue weighted by atomic mass is 31.1. The van der Waals surface area contributed by atoms with E-state index in [2.05, 4.69) is 4.52 Å². The highest BCUT2D eigenvalue weighted by molar-refractivity contribution is 7.17. The minimum Gasteiger partial charge on any atom is -0.478 e. The van der Waals surface area contributed by atoms with Crippen LogP contribution in [0.3, 0.4) is 0 Å². The molecule has 138 valence electrons. The van der Waals surface area contributed by atoms with Crippen molar-refractivity contribution in [3.05, 3.63) is 58.7 Å². The second kappa shape index (κ2) is 8.07. The van der Waals surface area contributed by atoms with Gasteiger partial charge >= 0.3 is 32.6 Å². The van der Waals surface area contributed by atoms with E-state index in [1.165, 1.54) is 6.07 Å². The summed E-state index contributed by atoms with van der Waals surface area (Å²) in [6.45, 7) is 0. The largest absolute Gasteiger partial charge is 0.478 e. The van der Waals surface area contributed by atoms with Crippen LogP contribution in [-0.2, 0) is 4.57 Å². The van der Waals surface area contributed by atoms with Gasteiger partial charge in [-0.25, -0.2) is 23.7 Å². The van der Waals surface area contributed by atoms with Gasteiger partial charge in [0.25, 0.3) is 0 Å². The normalized spacial score (nSPS) is 10.2. The number of carbonyl (C=O) groups excluding carboxylic acids is 1. The Bertz CT molecular complexity index is 966. The number of carboxylic acids is 3. The van der Waals surface area contributed by atoms with Crippen molar-refractivity contribution in [1.82, 2.24) is 0 Å². The Balaban J connectivity index is 2.58. The van der Waals surface area contributed by atoms with Crippen LogP contribution in [0, 0.1) is 0 Å². The molecule has 0 saturated carbocycles. The van der Waals surface area contributed by atoms with Crippen molar-refractivity contribution in [2.45, 2.75) is 0 Å². The Kier molecular flexibility index (Phi) is 5.84. The van der Waals surface area contributed by atoms with Gasteiger partial charge in [0.15, 0.2) is 0 Å². The molecule has 0 spiro atoms. The van der Waals surface area contributed by atoms with E-state index in [1.807, 2.05) is 0 Å². The number of esters is 1. The standard InChI is InChI=1S/C16H9O10P/c17-13(18)7-3-1-5-9(11(7)15(21)22)25-16(23)12-8(14(19)20)4-2-6-10(12)26-27-24/h1-6H,(H,17,18)(H,19,20)(H,21,22). The minimum atomic E-state index is -1.67. The van der Waals surface area contributed by atoms with Crippen LogP contribution in [0.4, 0.5) is 0 Å². The molecule has 0 aliphatic rings. The Hall–Kier alpha value is -3.78. The van der Waals surface area contributed by atoms with Crippen LogP contribution in [0.2, 0.25) is 0 Å². The summed E-state index contributed by atoms with van der Waals surface area (Å²) in [6.07, 6.45) is 0. The zero-order chi connectivity index (χ0) is 20.1. The highest BCUT2D eigenvalue weighted by Gasteiger charge is 2.27. The lowest BCUT2D eigenvalue weighted by Gasteiger charge is -2.12. The number of carbonyl (C=O) groups is 4. The van der Waals surface area contributed by atoms with Crippen molar-refractivity contribution in [2.24, 2.45) is 0 Å². The lowest BCUT2D eigenvalue weighted by Crippen LogP contribution is -2.18. The molecule has 0 unspecified atom stereocenters. The molecule has 2 aromatic carbocycles. The summed E-state index contributed by atoms with van der Waals surface area (Å²) < 4.78 is 20.3. The zero-order valence-corrected chi connectivity index (χ0v) is 14.0. The first-order valence-corrected chi connectivity index (χ1v) is 7.68. The van der Waals surface area contributed by atoms with Crippen LogP contribution in [0.25, 0.3) is 0 Å². The third kappa shape index (κ3) is 4.07. The first-order valence-electron chi connectivity index (χ1n) is 6.95. The van der Waals surface area contributed by atoms with Crippen LogP contribution in [0.1, 0.15) is 41.4 Å². The predicted molar refractivity (Wildman–Crippen MR) is 87.0 cm³/mol. The topological polar surface area (TPSA) is 165 Å². The van der Waals surface area contributed by atoms with Crippen molar-refractivity contribution in [2.75, 3.05) is 0 Å². The van der Waals surface area contributed by atoms with E-state index in [4.69, 9.17) is 9.84 Å². The summed E-state index contributed by atoms with van der Waals surface area (Å²) in [5.41, 5.74) is -2.60. The summed E-state index contributed by atoms with van der Waals surface area (Å²) in [7, 11) is -0.874. The third-order valence-corrected chi connectivity index (χ3v) is 3.54. The molecule has 3 N–H and O–H groups in total. The number of aromatic carboxylic acids is 3. The highest BCUT2D eigenvalue weighted by Crippen LogP contribution is 2.29. The molecule has 0 amide bonds. The maximum Gasteiger partial charge on any atom is 0.395 e. The number of benzene rings is 2. The van der Waals surface area contributed by atoms with Crippen molar-refractivity contribution in [1.29, 1.82) is 0 Å². The maximum atomic E-state index is 12.5. The van der Waals surface area contributed by atoms with Crippen LogP contribution in [0.5, 0.6) is 11.5 Å². The van der Waals surface area contributed by atoms with E-state index >= 15 is 0 Å². The van der Waals surface area contributed by atoms with Gasteiger partial charge in [-0.2, -0.15) is 0 Å². The molecular formula is C16H9O10P. The maximum absolute atomic E-state index is 12.5. The van der Waals surface area contributed by atoms with Gasteiger partial charge in [0.1, 0.15) is 22.6 Å². The summed E-state index contributed by atoms with van der Waals surface area (Å²) >= 11 is 0. The second-order valence-electron chi connectivity index (χ2n) is 4.83. The SMILES string of the molecule is O=POc1cccc(C(=O)O)c1C(=O)Oc1cccc(C(=O)O)c1C(=O)O. The van der Waals surface area contributed by atoms with Gasteiger partial charge in [0.2, 0.25) is 0 Å². The number of rotatable bonds is 7. The van der Waals surface area contributed by atoms with Crippen LogP contribution >= 0.6 is 8.69 Å². The van der Waals surface area contributed by atoms with E-state index < -0.39 is 60.6 Å². The smallest absolute Gasteiger partial charge is 0.395 e. The molecular weight excluding hydrogens is 383 g/mol. The lowest BCUT2D eigenvalue weighted by atomic mass is 10.1. The van der Waals surface area contributed by atoms with Gasteiger partial charge in [0.05, 0.1) is 11.1 Å². The fourth-order valence-electron chi connectivity index (χ4n) is 2.20. The summed E-state index contributed by atoms with van der Waals surface area (Å²) in [6, 6.07) is 6.62. The van der Waals surface area contributed by atoms with Gasteiger partial charge in [-0.05, 0) is 24.3 Å². The predicted octanol–water partition coefficient (Wildman–Crippen LogP) is 2.59. The van der Waals surface area contributed by atoms with Gasteiger partial charge < -0.3 is 24.6 Å². The van der Waals surface area contributed by atoms with E-state index in [0.717, 1.165) is 30.3 Å². The summed E-state index contributed by atoms with van der Waals surface area (Å²) in [5, 5.41) is 27.5.